The first-order valence-electron chi connectivity index (χ1n) is 7.68. The third-order valence-electron chi connectivity index (χ3n) is 3.95. The summed E-state index contributed by atoms with van der Waals surface area (Å²) in [5, 5.41) is 6.05. The van der Waals surface area contributed by atoms with Gasteiger partial charge >= 0.3 is 0 Å². The second kappa shape index (κ2) is 8.56. The van der Waals surface area contributed by atoms with Gasteiger partial charge in [-0.15, -0.1) is 12.4 Å². The molecule has 0 aromatic heterocycles. The van der Waals surface area contributed by atoms with Crippen molar-refractivity contribution in [1.29, 1.82) is 0 Å². The van der Waals surface area contributed by atoms with Crippen LogP contribution in [0.4, 0.5) is 0 Å². The van der Waals surface area contributed by atoms with E-state index in [1.807, 2.05) is 0 Å². The molecule has 1 N–H and O–H groups in total. The fourth-order valence-corrected chi connectivity index (χ4v) is 2.78. The van der Waals surface area contributed by atoms with Gasteiger partial charge in [0.1, 0.15) is 5.75 Å². The van der Waals surface area contributed by atoms with Crippen LogP contribution in [0.2, 0.25) is 0 Å². The van der Waals surface area contributed by atoms with Crippen LogP contribution in [0.25, 0.3) is 10.8 Å². The molecule has 0 aliphatic carbocycles. The van der Waals surface area contributed by atoms with Crippen molar-refractivity contribution in [2.24, 2.45) is 0 Å². The first-order valence-corrected chi connectivity index (χ1v) is 7.68. The summed E-state index contributed by atoms with van der Waals surface area (Å²) >= 11 is 0. The summed E-state index contributed by atoms with van der Waals surface area (Å²) in [6.45, 7) is 1.77. The smallest absolute Gasteiger partial charge is 0.123 e. The molecule has 0 saturated carbocycles. The number of nitrogens with one attached hydrogen (secondary N) is 1. The van der Waals surface area contributed by atoms with Crippen molar-refractivity contribution in [3.05, 3.63) is 77.9 Å². The van der Waals surface area contributed by atoms with Gasteiger partial charge in [0.25, 0.3) is 0 Å². The van der Waals surface area contributed by atoms with Gasteiger partial charge in [0, 0.05) is 12.1 Å². The van der Waals surface area contributed by atoms with Gasteiger partial charge in [-0.05, 0) is 35.4 Å². The van der Waals surface area contributed by atoms with Crippen LogP contribution in [0, 0.1) is 0 Å². The summed E-state index contributed by atoms with van der Waals surface area (Å²) in [7, 11) is 1.73. The summed E-state index contributed by atoms with van der Waals surface area (Å²) in [6, 6.07) is 23.2. The van der Waals surface area contributed by atoms with Crippen molar-refractivity contribution < 1.29 is 4.74 Å². The standard InChI is InChI=1S/C20H21NO.ClH/c1-22-20-12-11-17-9-5-6-10-18(17)19(20)15-21-14-13-16-7-3-2-4-8-16;/h2-12,21H,13-15H2,1H3;1H. The van der Waals surface area contributed by atoms with Gasteiger partial charge < -0.3 is 10.1 Å². The Morgan fingerprint density at radius 1 is 0.870 bits per heavy atom. The lowest BCUT2D eigenvalue weighted by molar-refractivity contribution is 0.409. The van der Waals surface area contributed by atoms with Gasteiger partial charge in [-0.2, -0.15) is 0 Å². The zero-order valence-electron chi connectivity index (χ0n) is 13.3. The van der Waals surface area contributed by atoms with E-state index in [1.165, 1.54) is 21.9 Å². The van der Waals surface area contributed by atoms with Crippen LogP contribution in [-0.4, -0.2) is 13.7 Å². The lowest BCUT2D eigenvalue weighted by Crippen LogP contribution is -2.17. The van der Waals surface area contributed by atoms with Gasteiger partial charge in [0.05, 0.1) is 7.11 Å². The largest absolute Gasteiger partial charge is 0.496 e. The predicted octanol–water partition coefficient (Wildman–Crippen LogP) is 4.60. The van der Waals surface area contributed by atoms with Crippen LogP contribution < -0.4 is 10.1 Å². The summed E-state index contributed by atoms with van der Waals surface area (Å²) in [4.78, 5) is 0. The van der Waals surface area contributed by atoms with E-state index in [0.29, 0.717) is 0 Å². The minimum atomic E-state index is 0. The summed E-state index contributed by atoms with van der Waals surface area (Å²) < 4.78 is 5.53. The molecule has 3 aromatic carbocycles. The Kier molecular flexibility index (Phi) is 6.45. The minimum absolute atomic E-state index is 0. The maximum absolute atomic E-state index is 5.53. The van der Waals surface area contributed by atoms with Crippen molar-refractivity contribution in [3.8, 4) is 5.75 Å². The van der Waals surface area contributed by atoms with E-state index in [9.17, 15) is 0 Å². The molecule has 0 atom stereocenters. The Morgan fingerprint density at radius 2 is 1.61 bits per heavy atom. The second-order valence-corrected chi connectivity index (χ2v) is 5.38. The molecule has 0 fully saturated rings. The highest BCUT2D eigenvalue weighted by Gasteiger charge is 2.07. The van der Waals surface area contributed by atoms with E-state index in [0.717, 1.165) is 25.3 Å². The van der Waals surface area contributed by atoms with Crippen LogP contribution >= 0.6 is 12.4 Å². The highest BCUT2D eigenvalue weighted by molar-refractivity contribution is 5.87. The zero-order chi connectivity index (χ0) is 15.2. The number of halogens is 1. The Hall–Kier alpha value is -2.03. The highest BCUT2D eigenvalue weighted by Crippen LogP contribution is 2.27. The summed E-state index contributed by atoms with van der Waals surface area (Å²) in [6.07, 6.45) is 1.04. The maximum atomic E-state index is 5.53. The van der Waals surface area contributed by atoms with Crippen LogP contribution in [0.15, 0.2) is 66.7 Å². The van der Waals surface area contributed by atoms with Gasteiger partial charge in [0.2, 0.25) is 0 Å². The SMILES string of the molecule is COc1ccc2ccccc2c1CNCCc1ccccc1.Cl. The quantitative estimate of drug-likeness (QED) is 0.668. The van der Waals surface area contributed by atoms with Crippen molar-refractivity contribution in [2.75, 3.05) is 13.7 Å². The number of methoxy groups -OCH3 is 1. The first kappa shape index (κ1) is 17.3. The normalized spacial score (nSPS) is 10.3. The highest BCUT2D eigenvalue weighted by atomic mass is 35.5. The molecule has 0 spiro atoms. The molecule has 0 saturated heterocycles. The summed E-state index contributed by atoms with van der Waals surface area (Å²) in [5.41, 5.74) is 2.59. The van der Waals surface area contributed by atoms with E-state index in [-0.39, 0.29) is 12.4 Å². The Labute approximate surface area is 143 Å². The first-order chi connectivity index (χ1) is 10.9. The van der Waals surface area contributed by atoms with E-state index >= 15 is 0 Å². The third kappa shape index (κ3) is 4.25. The fraction of sp³-hybridized carbons (Fsp3) is 0.200. The molecule has 0 aliphatic heterocycles. The van der Waals surface area contributed by atoms with Crippen molar-refractivity contribution in [1.82, 2.24) is 5.32 Å². The van der Waals surface area contributed by atoms with E-state index in [4.69, 9.17) is 4.74 Å². The molecule has 3 rings (SSSR count). The van der Waals surface area contributed by atoms with Crippen molar-refractivity contribution in [2.45, 2.75) is 13.0 Å². The third-order valence-corrected chi connectivity index (χ3v) is 3.95. The van der Waals surface area contributed by atoms with Crippen molar-refractivity contribution >= 4 is 23.2 Å². The number of benzene rings is 3. The topological polar surface area (TPSA) is 21.3 Å². The van der Waals surface area contributed by atoms with Gasteiger partial charge in [0.15, 0.2) is 0 Å². The van der Waals surface area contributed by atoms with Gasteiger partial charge in [-0.3, -0.25) is 0 Å². The molecule has 0 amide bonds. The number of rotatable bonds is 6. The molecule has 2 nitrogen and oxygen atoms in total. The molecule has 0 unspecified atom stereocenters. The molecule has 0 aliphatic rings. The fourth-order valence-electron chi connectivity index (χ4n) is 2.78. The maximum Gasteiger partial charge on any atom is 0.123 e. The van der Waals surface area contributed by atoms with Crippen molar-refractivity contribution in [3.63, 3.8) is 0 Å². The Balaban J connectivity index is 0.00000192. The van der Waals surface area contributed by atoms with Crippen LogP contribution in [0.5, 0.6) is 5.75 Å². The number of ether oxygens (including phenoxy) is 1. The second-order valence-electron chi connectivity index (χ2n) is 5.38. The summed E-state index contributed by atoms with van der Waals surface area (Å²) in [5.74, 6) is 0.950. The number of fused-ring (bicyclic) bond motifs is 1. The number of hydrogen-bond donors (Lipinski definition) is 1. The Bertz CT molecular complexity index is 743. The van der Waals surface area contributed by atoms with Crippen LogP contribution in [-0.2, 0) is 13.0 Å². The Morgan fingerprint density at radius 3 is 2.39 bits per heavy atom. The lowest BCUT2D eigenvalue weighted by atomic mass is 10.0. The van der Waals surface area contributed by atoms with E-state index in [2.05, 4.69) is 72.0 Å². The minimum Gasteiger partial charge on any atom is -0.496 e. The average molecular weight is 328 g/mol. The van der Waals surface area contributed by atoms with Gasteiger partial charge in [-0.1, -0.05) is 60.7 Å². The molecular formula is C20H22ClNO. The predicted molar refractivity (Wildman–Crippen MR) is 99.6 cm³/mol. The molecular weight excluding hydrogens is 306 g/mol. The van der Waals surface area contributed by atoms with Crippen LogP contribution in [0.1, 0.15) is 11.1 Å². The molecule has 0 bridgehead atoms. The monoisotopic (exact) mass is 327 g/mol. The average Bonchev–Trinajstić information content (AvgIpc) is 2.59. The van der Waals surface area contributed by atoms with E-state index < -0.39 is 0 Å². The molecule has 120 valence electrons. The lowest BCUT2D eigenvalue weighted by Gasteiger charge is -2.13. The molecule has 3 heteroatoms. The molecule has 3 aromatic rings. The number of hydrogen-bond acceptors (Lipinski definition) is 2. The molecule has 0 radical (unpaired) electrons. The van der Waals surface area contributed by atoms with E-state index in [1.54, 1.807) is 7.11 Å². The van der Waals surface area contributed by atoms with Crippen LogP contribution in [0.3, 0.4) is 0 Å². The van der Waals surface area contributed by atoms with Gasteiger partial charge in [-0.25, -0.2) is 0 Å². The zero-order valence-corrected chi connectivity index (χ0v) is 14.1. The molecule has 0 heterocycles. The molecule has 23 heavy (non-hydrogen) atoms.